The zero-order valence-electron chi connectivity index (χ0n) is 14.3. The smallest absolute Gasteiger partial charge is 0.309 e. The quantitative estimate of drug-likeness (QED) is 0.810. The third kappa shape index (κ3) is 4.56. The zero-order valence-corrected chi connectivity index (χ0v) is 14.3. The summed E-state index contributed by atoms with van der Waals surface area (Å²) in [5.74, 6) is -0.0644. The molecule has 1 aliphatic carbocycles. The molecule has 5 nitrogen and oxygen atoms in total. The van der Waals surface area contributed by atoms with Crippen LogP contribution in [0, 0.1) is 5.92 Å². The summed E-state index contributed by atoms with van der Waals surface area (Å²) in [4.78, 5) is 12.3. The van der Waals surface area contributed by atoms with Crippen LogP contribution in [0.5, 0.6) is 0 Å². The molecule has 1 aliphatic heterocycles. The first-order valence-electron chi connectivity index (χ1n) is 8.83. The maximum absolute atomic E-state index is 12.3. The molecule has 0 bridgehead atoms. The largest absolute Gasteiger partial charge is 0.461 e. The fourth-order valence-corrected chi connectivity index (χ4v) is 3.63. The molecule has 0 aromatic heterocycles. The highest BCUT2D eigenvalue weighted by atomic mass is 16.5. The van der Waals surface area contributed by atoms with Gasteiger partial charge in [-0.1, -0.05) is 30.3 Å². The van der Waals surface area contributed by atoms with Gasteiger partial charge in [-0.2, -0.15) is 0 Å². The van der Waals surface area contributed by atoms with E-state index in [1.807, 2.05) is 30.3 Å². The Kier molecular flexibility index (Phi) is 6.24. The van der Waals surface area contributed by atoms with Gasteiger partial charge in [-0.15, -0.1) is 0 Å². The minimum atomic E-state index is -0.0709. The molecule has 1 N–H and O–H groups in total. The molecular formula is C19H27NO4. The number of rotatable bonds is 6. The summed E-state index contributed by atoms with van der Waals surface area (Å²) in [6.07, 6.45) is 3.81. The van der Waals surface area contributed by atoms with Crippen LogP contribution in [0.2, 0.25) is 0 Å². The molecule has 2 fully saturated rings. The molecule has 1 aromatic carbocycles. The number of hydrogen-bond acceptors (Lipinski definition) is 5. The van der Waals surface area contributed by atoms with Crippen LogP contribution in [0.15, 0.2) is 30.3 Å². The topological polar surface area (TPSA) is 56.8 Å². The number of esters is 1. The average Bonchev–Trinajstić information content (AvgIpc) is 3.10. The number of carbonyl (C=O) groups excluding carboxylic acids is 1. The third-order valence-electron chi connectivity index (χ3n) is 5.05. The van der Waals surface area contributed by atoms with Crippen LogP contribution in [0.25, 0.3) is 0 Å². The first-order chi connectivity index (χ1) is 11.8. The van der Waals surface area contributed by atoms with Crippen molar-refractivity contribution in [3.05, 3.63) is 35.9 Å². The van der Waals surface area contributed by atoms with Crippen molar-refractivity contribution in [2.75, 3.05) is 20.3 Å². The molecule has 132 valence electrons. The van der Waals surface area contributed by atoms with Crippen molar-refractivity contribution in [3.8, 4) is 0 Å². The van der Waals surface area contributed by atoms with E-state index in [9.17, 15) is 4.79 Å². The van der Waals surface area contributed by atoms with Crippen LogP contribution in [0.4, 0.5) is 0 Å². The summed E-state index contributed by atoms with van der Waals surface area (Å²) in [6, 6.07) is 10.5. The molecule has 24 heavy (non-hydrogen) atoms. The summed E-state index contributed by atoms with van der Waals surface area (Å²) in [7, 11) is 1.73. The Bertz CT molecular complexity index is 521. The van der Waals surface area contributed by atoms with Crippen LogP contribution in [0.1, 0.15) is 31.2 Å². The van der Waals surface area contributed by atoms with Gasteiger partial charge in [0, 0.05) is 25.8 Å². The first-order valence-corrected chi connectivity index (χ1v) is 8.83. The first kappa shape index (κ1) is 17.4. The van der Waals surface area contributed by atoms with Crippen LogP contribution in [-0.4, -0.2) is 44.5 Å². The van der Waals surface area contributed by atoms with Gasteiger partial charge in [0.15, 0.2) is 0 Å². The molecule has 1 saturated carbocycles. The lowest BCUT2D eigenvalue weighted by Crippen LogP contribution is -2.50. The normalized spacial score (nSPS) is 30.2. The lowest BCUT2D eigenvalue weighted by atomic mass is 10.0. The van der Waals surface area contributed by atoms with Gasteiger partial charge in [-0.3, -0.25) is 4.79 Å². The highest BCUT2D eigenvalue weighted by Gasteiger charge is 2.34. The summed E-state index contributed by atoms with van der Waals surface area (Å²) < 4.78 is 16.4. The third-order valence-corrected chi connectivity index (χ3v) is 5.05. The Morgan fingerprint density at radius 2 is 2.08 bits per heavy atom. The summed E-state index contributed by atoms with van der Waals surface area (Å²) >= 11 is 0. The minimum absolute atomic E-state index is 0.00653. The van der Waals surface area contributed by atoms with Crippen molar-refractivity contribution in [1.82, 2.24) is 5.32 Å². The molecule has 4 unspecified atom stereocenters. The summed E-state index contributed by atoms with van der Waals surface area (Å²) in [6.45, 7) is 1.77. The molecule has 0 amide bonds. The van der Waals surface area contributed by atoms with Crippen molar-refractivity contribution < 1.29 is 19.0 Å². The van der Waals surface area contributed by atoms with E-state index >= 15 is 0 Å². The van der Waals surface area contributed by atoms with Crippen molar-refractivity contribution in [2.45, 2.75) is 50.5 Å². The van der Waals surface area contributed by atoms with Crippen LogP contribution in [0.3, 0.4) is 0 Å². The Morgan fingerprint density at radius 1 is 1.25 bits per heavy atom. The van der Waals surface area contributed by atoms with E-state index in [1.165, 1.54) is 0 Å². The number of nitrogens with one attached hydrogen (secondary N) is 1. The fraction of sp³-hybridized carbons (Fsp3) is 0.632. The predicted octanol–water partition coefficient (Wildman–Crippen LogP) is 2.29. The Hall–Kier alpha value is -1.43. The lowest BCUT2D eigenvalue weighted by molar-refractivity contribution is -0.149. The lowest BCUT2D eigenvalue weighted by Gasteiger charge is -2.33. The van der Waals surface area contributed by atoms with E-state index in [1.54, 1.807) is 7.11 Å². The second-order valence-corrected chi connectivity index (χ2v) is 6.71. The second kappa shape index (κ2) is 8.60. The van der Waals surface area contributed by atoms with Crippen LogP contribution < -0.4 is 5.32 Å². The Morgan fingerprint density at radius 3 is 2.88 bits per heavy atom. The summed E-state index contributed by atoms with van der Waals surface area (Å²) in [5.41, 5.74) is 1.03. The Balaban J connectivity index is 1.43. The number of carbonyl (C=O) groups is 1. The summed E-state index contributed by atoms with van der Waals surface area (Å²) in [5, 5.41) is 3.66. The van der Waals surface area contributed by atoms with Crippen LogP contribution >= 0.6 is 0 Å². The predicted molar refractivity (Wildman–Crippen MR) is 90.5 cm³/mol. The maximum atomic E-state index is 12.3. The molecule has 4 atom stereocenters. The van der Waals surface area contributed by atoms with Gasteiger partial charge in [0.05, 0.1) is 18.6 Å². The second-order valence-electron chi connectivity index (χ2n) is 6.71. The van der Waals surface area contributed by atoms with E-state index in [0.717, 1.165) is 37.9 Å². The molecule has 1 heterocycles. The highest BCUT2D eigenvalue weighted by Crippen LogP contribution is 2.28. The zero-order chi connectivity index (χ0) is 16.8. The number of methoxy groups -OCH3 is 1. The van der Waals surface area contributed by atoms with Gasteiger partial charge in [0.2, 0.25) is 0 Å². The minimum Gasteiger partial charge on any atom is -0.461 e. The van der Waals surface area contributed by atoms with Crippen molar-refractivity contribution >= 4 is 5.97 Å². The molecule has 1 saturated heterocycles. The van der Waals surface area contributed by atoms with Gasteiger partial charge in [0.1, 0.15) is 6.61 Å². The van der Waals surface area contributed by atoms with E-state index in [4.69, 9.17) is 14.2 Å². The monoisotopic (exact) mass is 333 g/mol. The van der Waals surface area contributed by atoms with Crippen molar-refractivity contribution in [2.24, 2.45) is 5.92 Å². The molecule has 1 aromatic rings. The van der Waals surface area contributed by atoms with Crippen molar-refractivity contribution in [3.63, 3.8) is 0 Å². The number of benzene rings is 1. The maximum Gasteiger partial charge on any atom is 0.309 e. The molecule has 0 radical (unpaired) electrons. The van der Waals surface area contributed by atoms with Gasteiger partial charge in [-0.05, 0) is 31.2 Å². The number of hydrogen-bond donors (Lipinski definition) is 1. The standard InChI is InChI=1S/C19H27NO4/c1-22-18-13-23-10-9-17(18)20-16-8-7-15(11-16)19(21)24-12-14-5-3-2-4-6-14/h2-6,15-18,20H,7-13H2,1H3. The SMILES string of the molecule is COC1COCCC1NC1CCC(C(=O)OCc2ccccc2)C1. The molecule has 0 spiro atoms. The Labute approximate surface area is 143 Å². The van der Waals surface area contributed by atoms with E-state index < -0.39 is 0 Å². The highest BCUT2D eigenvalue weighted by molar-refractivity contribution is 5.72. The van der Waals surface area contributed by atoms with Gasteiger partial charge >= 0.3 is 5.97 Å². The molecular weight excluding hydrogens is 306 g/mol. The van der Waals surface area contributed by atoms with Gasteiger partial charge < -0.3 is 19.5 Å². The van der Waals surface area contributed by atoms with Crippen molar-refractivity contribution in [1.29, 1.82) is 0 Å². The molecule has 5 heteroatoms. The van der Waals surface area contributed by atoms with E-state index in [2.05, 4.69) is 5.32 Å². The molecule has 2 aliphatic rings. The molecule has 3 rings (SSSR count). The van der Waals surface area contributed by atoms with Gasteiger partial charge in [0.25, 0.3) is 0 Å². The fourth-order valence-electron chi connectivity index (χ4n) is 3.63. The van der Waals surface area contributed by atoms with E-state index in [0.29, 0.717) is 25.3 Å². The van der Waals surface area contributed by atoms with Gasteiger partial charge in [-0.25, -0.2) is 0 Å². The number of ether oxygens (including phenoxy) is 3. The van der Waals surface area contributed by atoms with E-state index in [-0.39, 0.29) is 18.0 Å². The average molecular weight is 333 g/mol. The van der Waals surface area contributed by atoms with Crippen LogP contribution in [-0.2, 0) is 25.6 Å².